The third-order valence-electron chi connectivity index (χ3n) is 2.01. The van der Waals surface area contributed by atoms with Crippen LogP contribution in [0.15, 0.2) is 29.1 Å². The van der Waals surface area contributed by atoms with Gasteiger partial charge in [-0.3, -0.25) is 0 Å². The molecule has 0 aliphatic heterocycles. The van der Waals surface area contributed by atoms with Crippen LogP contribution in [0.3, 0.4) is 0 Å². The molecule has 2 heterocycles. The highest BCUT2D eigenvalue weighted by Gasteiger charge is 2.05. The van der Waals surface area contributed by atoms with Crippen LogP contribution in [0, 0.1) is 6.92 Å². The Morgan fingerprint density at radius 2 is 2.21 bits per heavy atom. The molecule has 2 aromatic rings. The van der Waals surface area contributed by atoms with Crippen LogP contribution in [0.4, 0.5) is 0 Å². The minimum absolute atomic E-state index is 0.614. The number of hydrogen-bond acceptors (Lipinski definition) is 4. The second-order valence-corrected chi connectivity index (χ2v) is 2.90. The fraction of sp³-hybridized carbons (Fsp3) is 0.200. The molecule has 0 aliphatic carbocycles. The molecule has 4 nitrogen and oxygen atoms in total. The van der Waals surface area contributed by atoms with Gasteiger partial charge in [-0.2, -0.15) is 0 Å². The molecule has 0 N–H and O–H groups in total. The van der Waals surface area contributed by atoms with Gasteiger partial charge in [0.25, 0.3) is 0 Å². The summed E-state index contributed by atoms with van der Waals surface area (Å²) in [5.41, 5.74) is 2.83. The van der Waals surface area contributed by atoms with Gasteiger partial charge in [0.05, 0.1) is 13.3 Å². The minimum Gasteiger partial charge on any atom is -0.481 e. The van der Waals surface area contributed by atoms with Crippen LogP contribution >= 0.6 is 0 Å². The standard InChI is InChI=1S/C10H10N2O2/c1-7-9(8-5-11-14-6-8)3-4-10(12-7)13-2/h3-6H,1-2H3. The summed E-state index contributed by atoms with van der Waals surface area (Å²) in [5, 5.41) is 3.65. The highest BCUT2D eigenvalue weighted by Crippen LogP contribution is 2.23. The van der Waals surface area contributed by atoms with E-state index in [2.05, 4.69) is 10.1 Å². The SMILES string of the molecule is COc1ccc(-c2cnoc2)c(C)n1. The first-order chi connectivity index (χ1) is 6.81. The number of ether oxygens (including phenoxy) is 1. The molecule has 0 amide bonds. The van der Waals surface area contributed by atoms with Crippen LogP contribution in [0.2, 0.25) is 0 Å². The van der Waals surface area contributed by atoms with Gasteiger partial charge in [-0.05, 0) is 13.0 Å². The summed E-state index contributed by atoms with van der Waals surface area (Å²) >= 11 is 0. The van der Waals surface area contributed by atoms with Crippen LogP contribution < -0.4 is 4.74 Å². The Morgan fingerprint density at radius 1 is 1.36 bits per heavy atom. The lowest BCUT2D eigenvalue weighted by Gasteiger charge is -2.03. The van der Waals surface area contributed by atoms with Crippen LogP contribution in [0.5, 0.6) is 5.88 Å². The molecule has 4 heteroatoms. The van der Waals surface area contributed by atoms with E-state index in [9.17, 15) is 0 Å². The molecule has 0 atom stereocenters. The van der Waals surface area contributed by atoms with Gasteiger partial charge < -0.3 is 9.26 Å². The summed E-state index contributed by atoms with van der Waals surface area (Å²) in [6.45, 7) is 1.92. The molecule has 0 spiro atoms. The van der Waals surface area contributed by atoms with E-state index in [-0.39, 0.29) is 0 Å². The van der Waals surface area contributed by atoms with E-state index >= 15 is 0 Å². The zero-order valence-corrected chi connectivity index (χ0v) is 8.02. The molecule has 0 aromatic carbocycles. The summed E-state index contributed by atoms with van der Waals surface area (Å²) in [6.07, 6.45) is 3.26. The molecular formula is C10H10N2O2. The molecule has 0 bridgehead atoms. The first-order valence-corrected chi connectivity index (χ1v) is 4.22. The monoisotopic (exact) mass is 190 g/mol. The maximum absolute atomic E-state index is 5.02. The Labute approximate surface area is 81.5 Å². The lowest BCUT2D eigenvalue weighted by molar-refractivity contribution is 0.397. The Kier molecular flexibility index (Phi) is 2.18. The molecule has 0 fully saturated rings. The van der Waals surface area contributed by atoms with Gasteiger partial charge in [-0.15, -0.1) is 0 Å². The van der Waals surface area contributed by atoms with E-state index in [4.69, 9.17) is 9.26 Å². The normalized spacial score (nSPS) is 10.1. The van der Waals surface area contributed by atoms with Crippen molar-refractivity contribution in [2.24, 2.45) is 0 Å². The molecule has 0 unspecified atom stereocenters. The van der Waals surface area contributed by atoms with Crippen molar-refractivity contribution in [3.05, 3.63) is 30.3 Å². The van der Waals surface area contributed by atoms with E-state index < -0.39 is 0 Å². The van der Waals surface area contributed by atoms with E-state index in [1.807, 2.05) is 19.1 Å². The van der Waals surface area contributed by atoms with Gasteiger partial charge in [0, 0.05) is 22.9 Å². The highest BCUT2D eigenvalue weighted by atomic mass is 16.5. The van der Waals surface area contributed by atoms with E-state index in [1.54, 1.807) is 19.6 Å². The van der Waals surface area contributed by atoms with Crippen LogP contribution in [-0.4, -0.2) is 17.3 Å². The summed E-state index contributed by atoms with van der Waals surface area (Å²) in [4.78, 5) is 4.26. The van der Waals surface area contributed by atoms with E-state index in [0.717, 1.165) is 16.8 Å². The Bertz CT molecular complexity index is 424. The Balaban J connectivity index is 2.46. The minimum atomic E-state index is 0.614. The van der Waals surface area contributed by atoms with E-state index in [0.29, 0.717) is 5.88 Å². The van der Waals surface area contributed by atoms with Gasteiger partial charge in [-0.25, -0.2) is 4.98 Å². The lowest BCUT2D eigenvalue weighted by Crippen LogP contribution is -1.91. The number of nitrogens with zero attached hydrogens (tertiary/aromatic N) is 2. The largest absolute Gasteiger partial charge is 0.481 e. The maximum Gasteiger partial charge on any atom is 0.213 e. The third kappa shape index (κ3) is 1.46. The van der Waals surface area contributed by atoms with Crippen LogP contribution in [0.25, 0.3) is 11.1 Å². The van der Waals surface area contributed by atoms with Crippen molar-refractivity contribution in [3.8, 4) is 17.0 Å². The number of aryl methyl sites for hydroxylation is 1. The summed E-state index contributed by atoms with van der Waals surface area (Å²) < 4.78 is 9.79. The third-order valence-corrected chi connectivity index (χ3v) is 2.01. The predicted octanol–water partition coefficient (Wildman–Crippen LogP) is 2.05. The highest BCUT2D eigenvalue weighted by molar-refractivity contribution is 5.63. The van der Waals surface area contributed by atoms with Crippen molar-refractivity contribution in [1.29, 1.82) is 0 Å². The second-order valence-electron chi connectivity index (χ2n) is 2.90. The number of rotatable bonds is 2. The second kappa shape index (κ2) is 3.49. The predicted molar refractivity (Wildman–Crippen MR) is 51.0 cm³/mol. The van der Waals surface area contributed by atoms with Gasteiger partial charge in [0.15, 0.2) is 0 Å². The van der Waals surface area contributed by atoms with Crippen molar-refractivity contribution < 1.29 is 9.26 Å². The molecule has 2 rings (SSSR count). The average Bonchev–Trinajstić information content (AvgIpc) is 2.70. The number of methoxy groups -OCH3 is 1. The van der Waals surface area contributed by atoms with Crippen molar-refractivity contribution in [3.63, 3.8) is 0 Å². The molecule has 2 aromatic heterocycles. The number of pyridine rings is 1. The van der Waals surface area contributed by atoms with Gasteiger partial charge in [-0.1, -0.05) is 5.16 Å². The zero-order chi connectivity index (χ0) is 9.97. The smallest absolute Gasteiger partial charge is 0.213 e. The first-order valence-electron chi connectivity index (χ1n) is 4.22. The zero-order valence-electron chi connectivity index (χ0n) is 8.02. The molecule has 14 heavy (non-hydrogen) atoms. The summed E-state index contributed by atoms with van der Waals surface area (Å²) in [7, 11) is 1.60. The topological polar surface area (TPSA) is 48.2 Å². The van der Waals surface area contributed by atoms with Crippen molar-refractivity contribution in [2.75, 3.05) is 7.11 Å². The van der Waals surface area contributed by atoms with Crippen molar-refractivity contribution in [1.82, 2.24) is 10.1 Å². The van der Waals surface area contributed by atoms with Crippen molar-refractivity contribution in [2.45, 2.75) is 6.92 Å². The average molecular weight is 190 g/mol. The maximum atomic E-state index is 5.02. The van der Waals surface area contributed by atoms with Crippen LogP contribution in [0.1, 0.15) is 5.69 Å². The van der Waals surface area contributed by atoms with Crippen LogP contribution in [-0.2, 0) is 0 Å². The molecule has 0 saturated heterocycles. The van der Waals surface area contributed by atoms with E-state index in [1.165, 1.54) is 0 Å². The quantitative estimate of drug-likeness (QED) is 0.727. The summed E-state index contributed by atoms with van der Waals surface area (Å²) in [5.74, 6) is 0.614. The van der Waals surface area contributed by atoms with Gasteiger partial charge in [0.2, 0.25) is 5.88 Å². The number of hydrogen-bond donors (Lipinski definition) is 0. The van der Waals surface area contributed by atoms with Gasteiger partial charge in [0.1, 0.15) is 6.26 Å². The van der Waals surface area contributed by atoms with Gasteiger partial charge >= 0.3 is 0 Å². The fourth-order valence-electron chi connectivity index (χ4n) is 1.29. The molecule has 0 radical (unpaired) electrons. The van der Waals surface area contributed by atoms with Crippen molar-refractivity contribution >= 4 is 0 Å². The first kappa shape index (κ1) is 8.74. The molecule has 0 saturated carbocycles. The Morgan fingerprint density at radius 3 is 2.79 bits per heavy atom. The fourth-order valence-corrected chi connectivity index (χ4v) is 1.29. The number of aromatic nitrogens is 2. The summed E-state index contributed by atoms with van der Waals surface area (Å²) in [6, 6.07) is 3.75. The Hall–Kier alpha value is -1.84. The molecular weight excluding hydrogens is 180 g/mol. The molecule has 0 aliphatic rings. The molecule has 72 valence electrons. The lowest BCUT2D eigenvalue weighted by atomic mass is 10.1.